The summed E-state index contributed by atoms with van der Waals surface area (Å²) in [5, 5.41) is 14.7. The van der Waals surface area contributed by atoms with Gasteiger partial charge in [0.15, 0.2) is 0 Å². The third kappa shape index (κ3) is 6.28. The number of hydrazone groups is 1. The second kappa shape index (κ2) is 9.45. The van der Waals surface area contributed by atoms with Crippen molar-refractivity contribution >= 4 is 23.7 Å². The summed E-state index contributed by atoms with van der Waals surface area (Å²) in [6.07, 6.45) is 1.83. The lowest BCUT2D eigenvalue weighted by Crippen LogP contribution is -2.24. The summed E-state index contributed by atoms with van der Waals surface area (Å²) in [6.45, 7) is 2.16. The lowest BCUT2D eigenvalue weighted by molar-refractivity contribution is -0.128. The number of rotatable bonds is 7. The highest BCUT2D eigenvalue weighted by Gasteiger charge is 2.05. The van der Waals surface area contributed by atoms with E-state index in [1.165, 1.54) is 11.9 Å². The van der Waals surface area contributed by atoms with Crippen LogP contribution in [0.15, 0.2) is 53.6 Å². The topological polar surface area (TPSA) is 65.7 Å². The van der Waals surface area contributed by atoms with Crippen molar-refractivity contribution in [2.24, 2.45) is 5.10 Å². The molecule has 0 saturated carbocycles. The highest BCUT2D eigenvalue weighted by molar-refractivity contribution is 6.30. The molecule has 0 atom stereocenters. The van der Waals surface area contributed by atoms with E-state index in [1.807, 2.05) is 54.6 Å². The van der Waals surface area contributed by atoms with E-state index in [9.17, 15) is 4.79 Å². The van der Waals surface area contributed by atoms with Crippen LogP contribution in [0.25, 0.3) is 0 Å². The Hall–Kier alpha value is -2.84. The van der Waals surface area contributed by atoms with Gasteiger partial charge in [-0.1, -0.05) is 23.7 Å². The molecule has 0 aliphatic rings. The Labute approximate surface area is 152 Å². The zero-order valence-corrected chi connectivity index (χ0v) is 14.6. The highest BCUT2D eigenvalue weighted by atomic mass is 35.5. The molecular formula is C19H18ClN3O2. The van der Waals surface area contributed by atoms with Crippen LogP contribution >= 0.6 is 11.6 Å². The summed E-state index contributed by atoms with van der Waals surface area (Å²) >= 11 is 5.85. The molecule has 0 radical (unpaired) electrons. The number of nitriles is 1. The zero-order chi connectivity index (χ0) is 18.1. The van der Waals surface area contributed by atoms with Gasteiger partial charge in [0.25, 0.3) is 0 Å². The Morgan fingerprint density at radius 1 is 1.24 bits per heavy atom. The third-order valence-electron chi connectivity index (χ3n) is 3.34. The second-order valence-electron chi connectivity index (χ2n) is 5.28. The molecule has 0 aliphatic carbocycles. The fraction of sp³-hybridized carbons (Fsp3) is 0.211. The van der Waals surface area contributed by atoms with Crippen molar-refractivity contribution in [2.45, 2.75) is 20.0 Å². The third-order valence-corrected chi connectivity index (χ3v) is 3.60. The highest BCUT2D eigenvalue weighted by Crippen LogP contribution is 2.15. The van der Waals surface area contributed by atoms with Crippen LogP contribution in [0.5, 0.6) is 5.75 Å². The van der Waals surface area contributed by atoms with E-state index >= 15 is 0 Å². The summed E-state index contributed by atoms with van der Waals surface area (Å²) in [7, 11) is 0. The lowest BCUT2D eigenvalue weighted by atomic mass is 10.2. The summed E-state index contributed by atoms with van der Waals surface area (Å²) in [5.74, 6) is 0.537. The lowest BCUT2D eigenvalue weighted by Gasteiger charge is -2.12. The predicted molar refractivity (Wildman–Crippen MR) is 97.4 cm³/mol. The summed E-state index contributed by atoms with van der Waals surface area (Å²) in [4.78, 5) is 11.4. The van der Waals surface area contributed by atoms with Gasteiger partial charge in [0, 0.05) is 11.9 Å². The van der Waals surface area contributed by atoms with Gasteiger partial charge in [-0.15, -0.1) is 0 Å². The van der Waals surface area contributed by atoms with Gasteiger partial charge in [-0.05, 0) is 47.5 Å². The van der Waals surface area contributed by atoms with Gasteiger partial charge >= 0.3 is 0 Å². The van der Waals surface area contributed by atoms with Gasteiger partial charge in [-0.2, -0.15) is 10.4 Å². The molecule has 0 N–H and O–H groups in total. The molecule has 2 aromatic rings. The number of nitrogens with zero attached hydrogens (tertiary/aromatic N) is 3. The number of halogens is 1. The molecule has 2 rings (SSSR count). The molecule has 6 heteroatoms. The first-order valence-electron chi connectivity index (χ1n) is 7.75. The zero-order valence-electron chi connectivity index (χ0n) is 13.9. The van der Waals surface area contributed by atoms with Gasteiger partial charge in [0.05, 0.1) is 25.2 Å². The first-order chi connectivity index (χ1) is 12.1. The molecule has 0 aromatic heterocycles. The van der Waals surface area contributed by atoms with Crippen LogP contribution in [0, 0.1) is 11.3 Å². The van der Waals surface area contributed by atoms with Crippen molar-refractivity contribution in [3.05, 3.63) is 64.7 Å². The van der Waals surface area contributed by atoms with Gasteiger partial charge in [0.2, 0.25) is 5.91 Å². The van der Waals surface area contributed by atoms with Gasteiger partial charge in [0.1, 0.15) is 12.4 Å². The molecule has 0 saturated heterocycles. The van der Waals surface area contributed by atoms with Gasteiger partial charge in [-0.25, -0.2) is 5.01 Å². The molecule has 0 aliphatic heterocycles. The molecule has 25 heavy (non-hydrogen) atoms. The van der Waals surface area contributed by atoms with E-state index in [1.54, 1.807) is 6.21 Å². The molecule has 128 valence electrons. The number of carbonyl (C=O) groups is 1. The maximum Gasteiger partial charge on any atom is 0.239 e. The molecule has 0 bridgehead atoms. The van der Waals surface area contributed by atoms with E-state index in [0.717, 1.165) is 16.9 Å². The largest absolute Gasteiger partial charge is 0.489 e. The van der Waals surface area contributed by atoms with E-state index in [2.05, 4.69) is 5.10 Å². The number of ether oxygens (including phenoxy) is 1. The van der Waals surface area contributed by atoms with Crippen molar-refractivity contribution in [2.75, 3.05) is 6.54 Å². The summed E-state index contributed by atoms with van der Waals surface area (Å²) in [5.41, 5.74) is 1.87. The first-order valence-corrected chi connectivity index (χ1v) is 8.12. The number of benzene rings is 2. The first kappa shape index (κ1) is 18.5. The molecule has 0 fully saturated rings. The van der Waals surface area contributed by atoms with Crippen LogP contribution in [0.3, 0.4) is 0 Å². The van der Waals surface area contributed by atoms with E-state index in [-0.39, 0.29) is 18.9 Å². The summed E-state index contributed by atoms with van der Waals surface area (Å²) in [6, 6.07) is 16.9. The number of hydrogen-bond donors (Lipinski definition) is 0. The fourth-order valence-electron chi connectivity index (χ4n) is 1.99. The smallest absolute Gasteiger partial charge is 0.239 e. The van der Waals surface area contributed by atoms with Crippen molar-refractivity contribution in [1.29, 1.82) is 5.26 Å². The quantitative estimate of drug-likeness (QED) is 0.556. The molecular weight excluding hydrogens is 338 g/mol. The average molecular weight is 356 g/mol. The monoisotopic (exact) mass is 355 g/mol. The molecule has 0 heterocycles. The van der Waals surface area contributed by atoms with Crippen LogP contribution in [-0.2, 0) is 11.4 Å². The van der Waals surface area contributed by atoms with Crippen LogP contribution in [0.4, 0.5) is 0 Å². The van der Waals surface area contributed by atoms with Crippen molar-refractivity contribution in [3.8, 4) is 11.8 Å². The van der Waals surface area contributed by atoms with Crippen LogP contribution in [-0.4, -0.2) is 23.7 Å². The van der Waals surface area contributed by atoms with E-state index in [0.29, 0.717) is 11.6 Å². The Morgan fingerprint density at radius 3 is 2.52 bits per heavy atom. The standard InChI is InChI=1S/C19H18ClN3O2/c1-15(24)23(12-2-11-21)22-13-16-5-9-19(10-6-16)25-14-17-3-7-18(20)8-4-17/h3-10,13H,2,12,14H2,1H3/b22-13+. The normalized spacial score (nSPS) is 10.4. The average Bonchev–Trinajstić information content (AvgIpc) is 2.62. The van der Waals surface area contributed by atoms with Crippen molar-refractivity contribution < 1.29 is 9.53 Å². The number of hydrogen-bond acceptors (Lipinski definition) is 4. The van der Waals surface area contributed by atoms with E-state index < -0.39 is 0 Å². The SMILES string of the molecule is CC(=O)N(CCC#N)/N=C/c1ccc(OCc2ccc(Cl)cc2)cc1. The molecule has 5 nitrogen and oxygen atoms in total. The number of amides is 1. The van der Waals surface area contributed by atoms with Crippen LogP contribution < -0.4 is 4.74 Å². The minimum atomic E-state index is -0.200. The Balaban J connectivity index is 1.92. The van der Waals surface area contributed by atoms with Crippen molar-refractivity contribution in [1.82, 2.24) is 5.01 Å². The number of carbonyl (C=O) groups excluding carboxylic acids is 1. The summed E-state index contributed by atoms with van der Waals surface area (Å²) < 4.78 is 5.72. The van der Waals surface area contributed by atoms with Gasteiger partial charge in [-0.3, -0.25) is 4.79 Å². The molecule has 0 spiro atoms. The Bertz CT molecular complexity index is 765. The van der Waals surface area contributed by atoms with Crippen LogP contribution in [0.1, 0.15) is 24.5 Å². The fourth-order valence-corrected chi connectivity index (χ4v) is 2.11. The predicted octanol–water partition coefficient (Wildman–Crippen LogP) is 4.02. The van der Waals surface area contributed by atoms with Crippen LogP contribution in [0.2, 0.25) is 5.02 Å². The minimum Gasteiger partial charge on any atom is -0.489 e. The molecule has 2 aromatic carbocycles. The van der Waals surface area contributed by atoms with Gasteiger partial charge < -0.3 is 4.74 Å². The Morgan fingerprint density at radius 2 is 1.92 bits per heavy atom. The second-order valence-corrected chi connectivity index (χ2v) is 5.72. The Kier molecular flexibility index (Phi) is 7.00. The van der Waals surface area contributed by atoms with E-state index in [4.69, 9.17) is 21.6 Å². The maximum atomic E-state index is 11.4. The maximum absolute atomic E-state index is 11.4. The molecule has 1 amide bonds. The van der Waals surface area contributed by atoms with Crippen molar-refractivity contribution in [3.63, 3.8) is 0 Å². The molecule has 0 unspecified atom stereocenters. The minimum absolute atomic E-state index is 0.200.